The molecule has 0 aromatic carbocycles. The Morgan fingerprint density at radius 3 is 2.35 bits per heavy atom. The number of nitrogens with one attached hydrogen (secondary N) is 2. The van der Waals surface area contributed by atoms with Crippen LogP contribution in [0, 0.1) is 11.8 Å². The molecule has 11 nitrogen and oxygen atoms in total. The van der Waals surface area contributed by atoms with Gasteiger partial charge in [0, 0.05) is 57.1 Å². The molecule has 0 fully saturated rings. The van der Waals surface area contributed by atoms with Crippen molar-refractivity contribution in [1.82, 2.24) is 10.6 Å². The number of allylic oxidation sites excluding steroid dienone is 4. The highest BCUT2D eigenvalue weighted by Gasteiger charge is 2.32. The first-order chi connectivity index (χ1) is 22.0. The van der Waals surface area contributed by atoms with Crippen LogP contribution >= 0.6 is 0 Å². The molecular weight excluding hydrogens is 590 g/mol. The number of hydrogen-bond donors (Lipinski definition) is 4. The van der Waals surface area contributed by atoms with Gasteiger partial charge in [0.1, 0.15) is 0 Å². The van der Waals surface area contributed by atoms with Crippen molar-refractivity contribution in [1.29, 1.82) is 0 Å². The second-order valence-corrected chi connectivity index (χ2v) is 12.1. The van der Waals surface area contributed by atoms with E-state index >= 15 is 0 Å². The van der Waals surface area contributed by atoms with Crippen LogP contribution in [0.3, 0.4) is 0 Å². The van der Waals surface area contributed by atoms with Gasteiger partial charge >= 0.3 is 0 Å². The Labute approximate surface area is 274 Å². The first-order valence-electron chi connectivity index (χ1n) is 16.2. The number of amides is 1. The third-order valence-electron chi connectivity index (χ3n) is 8.04. The molecule has 0 radical (unpaired) electrons. The van der Waals surface area contributed by atoms with Gasteiger partial charge in [-0.3, -0.25) is 14.4 Å². The number of aliphatic hydroxyl groups is 1. The number of hydrogen-bond acceptors (Lipinski definition) is 10. The predicted octanol–water partition coefficient (Wildman–Crippen LogP) is 3.05. The number of ether oxygens (including phenoxy) is 4. The number of ketones is 2. The number of rotatable bonds is 13. The molecule has 11 heteroatoms. The van der Waals surface area contributed by atoms with E-state index in [1.54, 1.807) is 33.3 Å². The Kier molecular flexibility index (Phi) is 18.0. The number of carbonyl (C=O) groups is 3. The average Bonchev–Trinajstić information content (AvgIpc) is 3.02. The molecule has 0 spiro atoms. The Morgan fingerprint density at radius 2 is 1.70 bits per heavy atom. The number of fused-ring (bicyclic) bond motifs is 2. The van der Waals surface area contributed by atoms with Crippen molar-refractivity contribution in [2.24, 2.45) is 17.6 Å². The van der Waals surface area contributed by atoms with E-state index in [-0.39, 0.29) is 41.5 Å². The molecule has 0 unspecified atom stereocenters. The van der Waals surface area contributed by atoms with Crippen LogP contribution in [0.1, 0.15) is 59.8 Å². The van der Waals surface area contributed by atoms with E-state index in [0.717, 1.165) is 12.0 Å². The number of aliphatic hydroxyl groups excluding tert-OH is 1. The van der Waals surface area contributed by atoms with Crippen molar-refractivity contribution >= 4 is 17.5 Å². The van der Waals surface area contributed by atoms with E-state index in [1.807, 2.05) is 32.9 Å². The molecular formula is C35H55N3O8. The zero-order chi connectivity index (χ0) is 34.1. The molecule has 0 aromatic rings. The first-order valence-corrected chi connectivity index (χ1v) is 16.2. The number of nitrogens with two attached hydrogens (primary N) is 1. The fourth-order valence-corrected chi connectivity index (χ4v) is 5.40. The van der Waals surface area contributed by atoms with Gasteiger partial charge in [-0.2, -0.15) is 0 Å². The van der Waals surface area contributed by atoms with Crippen molar-refractivity contribution in [2.45, 2.75) is 78.1 Å². The quantitative estimate of drug-likeness (QED) is 0.133. The lowest BCUT2D eigenvalue weighted by molar-refractivity contribution is -0.120. The van der Waals surface area contributed by atoms with Crippen LogP contribution in [0.4, 0.5) is 0 Å². The Balaban J connectivity index is 2.30. The highest BCUT2D eigenvalue weighted by atomic mass is 16.5. The molecule has 2 aliphatic rings. The van der Waals surface area contributed by atoms with Crippen LogP contribution in [-0.2, 0) is 33.3 Å². The van der Waals surface area contributed by atoms with Crippen molar-refractivity contribution < 1.29 is 38.4 Å². The van der Waals surface area contributed by atoms with Crippen molar-refractivity contribution in [3.05, 3.63) is 58.5 Å². The molecule has 2 bridgehead atoms. The molecule has 258 valence electrons. The zero-order valence-electron chi connectivity index (χ0n) is 28.4. The molecule has 1 amide bonds. The highest BCUT2D eigenvalue weighted by molar-refractivity contribution is 6.23. The second-order valence-electron chi connectivity index (χ2n) is 12.1. The maximum atomic E-state index is 13.8. The number of methoxy groups -OCH3 is 2. The summed E-state index contributed by atoms with van der Waals surface area (Å²) in [7, 11) is 3.18. The summed E-state index contributed by atoms with van der Waals surface area (Å²) in [5.41, 5.74) is 7.31. The zero-order valence-corrected chi connectivity index (χ0v) is 28.4. The Hall–Kier alpha value is -2.93. The second kappa shape index (κ2) is 21.0. The summed E-state index contributed by atoms with van der Waals surface area (Å²) in [5, 5.41) is 17.0. The van der Waals surface area contributed by atoms with Crippen LogP contribution in [0.25, 0.3) is 0 Å². The summed E-state index contributed by atoms with van der Waals surface area (Å²) in [6.07, 6.45) is 9.61. The SMILES string of the molecule is CO[C@H]1C=C/C=C(\C)C(=O)NC2=CC(=O)C(NCCCOCCOCCCN)=C(C[C@H](C)C[C@@H](OC)[C@@H](O)[C@H](C)/C=C(\C)C1)C2=O. The van der Waals surface area contributed by atoms with Gasteiger partial charge in [0.05, 0.1) is 42.9 Å². The van der Waals surface area contributed by atoms with Gasteiger partial charge in [-0.1, -0.05) is 43.7 Å². The van der Waals surface area contributed by atoms with Crippen LogP contribution in [-0.4, -0.2) is 94.6 Å². The Bertz CT molecular complexity index is 1170. The van der Waals surface area contributed by atoms with Crippen LogP contribution in [0.5, 0.6) is 0 Å². The maximum absolute atomic E-state index is 13.8. The summed E-state index contributed by atoms with van der Waals surface area (Å²) in [6.45, 7) is 10.5. The molecule has 2 rings (SSSR count). The van der Waals surface area contributed by atoms with Crippen LogP contribution < -0.4 is 16.4 Å². The smallest absolute Gasteiger partial charge is 0.251 e. The first kappa shape index (κ1) is 39.2. The third-order valence-corrected chi connectivity index (χ3v) is 8.04. The average molecular weight is 646 g/mol. The fraction of sp³-hybridized carbons (Fsp3) is 0.629. The van der Waals surface area contributed by atoms with Crippen molar-refractivity contribution in [3.63, 3.8) is 0 Å². The number of carbonyl (C=O) groups excluding carboxylic acids is 3. The van der Waals surface area contributed by atoms with Gasteiger partial charge in [0.25, 0.3) is 5.91 Å². The molecule has 0 aromatic heterocycles. The number of Topliss-reactive ketones (excluding diaryl/α,β-unsaturated/α-hetero) is 1. The molecule has 1 heterocycles. The molecule has 1 aliphatic heterocycles. The minimum atomic E-state index is -0.789. The topological polar surface area (TPSA) is 158 Å². The fourth-order valence-electron chi connectivity index (χ4n) is 5.40. The van der Waals surface area contributed by atoms with Gasteiger partial charge in [-0.15, -0.1) is 0 Å². The molecule has 46 heavy (non-hydrogen) atoms. The summed E-state index contributed by atoms with van der Waals surface area (Å²) >= 11 is 0. The normalized spacial score (nSPS) is 27.9. The predicted molar refractivity (Wildman–Crippen MR) is 178 cm³/mol. The van der Waals surface area contributed by atoms with E-state index in [0.29, 0.717) is 69.9 Å². The lowest BCUT2D eigenvalue weighted by atomic mass is 9.85. The van der Waals surface area contributed by atoms with Gasteiger partial charge in [0.2, 0.25) is 11.6 Å². The minimum absolute atomic E-state index is 0.0677. The lowest BCUT2D eigenvalue weighted by Crippen LogP contribution is -2.37. The standard InChI is InChI=1S/C35H55N3O8/c1-23-18-26(4)33(40)31(44-6)21-24(2)20-28-32(37-13-9-15-46-17-16-45-14-8-12-36)30(39)22-29(34(28)41)38-35(42)25(3)10-7-11-27(19-23)43-5/h7,10-11,18,22,24,26-27,31,33,37,40H,8-9,12-17,19-21,36H2,1-6H3,(H,38,42)/b11-7?,23-18+,25-10+/t24-,26+,27-,31+,33-/m0/s1. The largest absolute Gasteiger partial charge is 0.390 e. The van der Waals surface area contributed by atoms with Gasteiger partial charge in [-0.05, 0) is 58.4 Å². The summed E-state index contributed by atoms with van der Waals surface area (Å²) < 4.78 is 22.4. The van der Waals surface area contributed by atoms with Crippen molar-refractivity contribution in [2.75, 3.05) is 53.7 Å². The minimum Gasteiger partial charge on any atom is -0.390 e. The molecule has 0 saturated carbocycles. The lowest BCUT2D eigenvalue weighted by Gasteiger charge is -2.29. The van der Waals surface area contributed by atoms with Crippen LogP contribution in [0.15, 0.2) is 58.5 Å². The highest BCUT2D eigenvalue weighted by Crippen LogP contribution is 2.28. The van der Waals surface area contributed by atoms with E-state index in [2.05, 4.69) is 10.6 Å². The summed E-state index contributed by atoms with van der Waals surface area (Å²) in [4.78, 5) is 40.1. The molecule has 1 aliphatic carbocycles. The van der Waals surface area contributed by atoms with E-state index in [9.17, 15) is 19.5 Å². The third kappa shape index (κ3) is 13.1. The van der Waals surface area contributed by atoms with Crippen molar-refractivity contribution in [3.8, 4) is 0 Å². The Morgan fingerprint density at radius 1 is 1.00 bits per heavy atom. The van der Waals surface area contributed by atoms with Gasteiger partial charge < -0.3 is 40.4 Å². The van der Waals surface area contributed by atoms with Gasteiger partial charge in [0.15, 0.2) is 0 Å². The molecule has 5 N–H and O–H groups in total. The van der Waals surface area contributed by atoms with E-state index in [1.165, 1.54) is 6.08 Å². The monoisotopic (exact) mass is 645 g/mol. The summed E-state index contributed by atoms with van der Waals surface area (Å²) in [6, 6.07) is 0. The maximum Gasteiger partial charge on any atom is 0.251 e. The molecule has 5 atom stereocenters. The van der Waals surface area contributed by atoms with E-state index in [4.69, 9.17) is 24.7 Å². The van der Waals surface area contributed by atoms with E-state index < -0.39 is 23.9 Å². The van der Waals surface area contributed by atoms with Crippen LogP contribution in [0.2, 0.25) is 0 Å². The molecule has 0 saturated heterocycles. The summed E-state index contributed by atoms with van der Waals surface area (Å²) in [5.74, 6) is -1.63. The van der Waals surface area contributed by atoms with Gasteiger partial charge in [-0.25, -0.2) is 0 Å².